The molecule has 0 saturated heterocycles. The predicted octanol–water partition coefficient (Wildman–Crippen LogP) is 3.68. The fourth-order valence-corrected chi connectivity index (χ4v) is 3.85. The standard InChI is InChI=1S/C20H21Cl2FN4O2/c1-3-25(4-2)7-8-26-17-10-12(19(24)28)9-15(23)18(17)27(20(26)29)16-6-5-13(21)11-14(16)22/h5-6,9-11H,3-4,7-8H2,1-2H3,(H2,24,28). The van der Waals surface area contributed by atoms with E-state index in [9.17, 15) is 9.59 Å². The normalized spacial score (nSPS) is 11.5. The molecule has 0 fully saturated rings. The summed E-state index contributed by atoms with van der Waals surface area (Å²) in [4.78, 5) is 27.1. The molecule has 0 radical (unpaired) electrons. The van der Waals surface area contributed by atoms with Crippen LogP contribution in [-0.4, -0.2) is 39.6 Å². The van der Waals surface area contributed by atoms with Gasteiger partial charge in [0.15, 0.2) is 0 Å². The van der Waals surface area contributed by atoms with Crippen molar-refractivity contribution in [1.29, 1.82) is 0 Å². The van der Waals surface area contributed by atoms with Crippen LogP contribution in [0, 0.1) is 5.82 Å². The highest BCUT2D eigenvalue weighted by molar-refractivity contribution is 6.35. The summed E-state index contributed by atoms with van der Waals surface area (Å²) < 4.78 is 17.7. The fraction of sp³-hybridized carbons (Fsp3) is 0.300. The van der Waals surface area contributed by atoms with E-state index in [1.807, 2.05) is 13.8 Å². The summed E-state index contributed by atoms with van der Waals surface area (Å²) in [7, 11) is 0. The van der Waals surface area contributed by atoms with Crippen molar-refractivity contribution in [3.05, 3.63) is 62.2 Å². The molecule has 154 valence electrons. The number of carbonyl (C=O) groups is 1. The molecule has 0 unspecified atom stereocenters. The lowest BCUT2D eigenvalue weighted by Gasteiger charge is -2.18. The number of aromatic nitrogens is 2. The number of rotatable bonds is 7. The van der Waals surface area contributed by atoms with Gasteiger partial charge >= 0.3 is 5.69 Å². The molecule has 0 atom stereocenters. The molecule has 2 N–H and O–H groups in total. The maximum Gasteiger partial charge on any atom is 0.333 e. The minimum atomic E-state index is -0.772. The molecule has 1 aromatic heterocycles. The average Bonchev–Trinajstić information content (AvgIpc) is 2.95. The fourth-order valence-electron chi connectivity index (χ4n) is 3.36. The molecule has 9 heteroatoms. The summed E-state index contributed by atoms with van der Waals surface area (Å²) in [6.45, 7) is 6.57. The first-order valence-corrected chi connectivity index (χ1v) is 9.96. The van der Waals surface area contributed by atoms with Gasteiger partial charge in [-0.25, -0.2) is 9.18 Å². The van der Waals surface area contributed by atoms with Crippen LogP contribution in [0.15, 0.2) is 35.1 Å². The Hall–Kier alpha value is -2.35. The van der Waals surface area contributed by atoms with Crippen molar-refractivity contribution in [2.75, 3.05) is 19.6 Å². The number of hydrogen-bond donors (Lipinski definition) is 1. The Kier molecular flexibility index (Phi) is 6.31. The van der Waals surface area contributed by atoms with Gasteiger partial charge in [-0.3, -0.25) is 13.9 Å². The predicted molar refractivity (Wildman–Crippen MR) is 114 cm³/mol. The van der Waals surface area contributed by atoms with E-state index < -0.39 is 17.4 Å². The largest absolute Gasteiger partial charge is 0.366 e. The van der Waals surface area contributed by atoms with Crippen LogP contribution in [-0.2, 0) is 6.54 Å². The highest BCUT2D eigenvalue weighted by Gasteiger charge is 2.22. The van der Waals surface area contributed by atoms with Gasteiger partial charge in [0, 0.05) is 23.7 Å². The van der Waals surface area contributed by atoms with Crippen LogP contribution in [0.4, 0.5) is 4.39 Å². The van der Waals surface area contributed by atoms with Crippen molar-refractivity contribution in [2.45, 2.75) is 20.4 Å². The molecule has 0 bridgehead atoms. The zero-order chi connectivity index (χ0) is 21.3. The molecule has 1 amide bonds. The lowest BCUT2D eigenvalue weighted by atomic mass is 10.1. The van der Waals surface area contributed by atoms with Crippen molar-refractivity contribution >= 4 is 40.1 Å². The number of nitrogens with zero attached hydrogens (tertiary/aromatic N) is 3. The van der Waals surface area contributed by atoms with E-state index in [2.05, 4.69) is 4.90 Å². The molecule has 0 saturated carbocycles. The van der Waals surface area contributed by atoms with Crippen LogP contribution in [0.3, 0.4) is 0 Å². The quantitative estimate of drug-likeness (QED) is 0.611. The molecule has 3 rings (SSSR count). The number of fused-ring (bicyclic) bond motifs is 1. The second-order valence-electron chi connectivity index (χ2n) is 6.58. The Morgan fingerprint density at radius 2 is 1.86 bits per heavy atom. The summed E-state index contributed by atoms with van der Waals surface area (Å²) in [5.74, 6) is -1.51. The maximum atomic E-state index is 15.0. The van der Waals surface area contributed by atoms with Crippen molar-refractivity contribution in [3.8, 4) is 5.69 Å². The van der Waals surface area contributed by atoms with Gasteiger partial charge in [-0.15, -0.1) is 0 Å². The average molecular weight is 439 g/mol. The van der Waals surface area contributed by atoms with Gasteiger partial charge in [-0.2, -0.15) is 0 Å². The number of carbonyl (C=O) groups excluding carboxylic acids is 1. The first-order chi connectivity index (χ1) is 13.8. The van der Waals surface area contributed by atoms with E-state index >= 15 is 4.39 Å². The van der Waals surface area contributed by atoms with E-state index in [4.69, 9.17) is 28.9 Å². The molecular weight excluding hydrogens is 418 g/mol. The monoisotopic (exact) mass is 438 g/mol. The van der Waals surface area contributed by atoms with E-state index in [1.54, 1.807) is 12.1 Å². The van der Waals surface area contributed by atoms with Gasteiger partial charge < -0.3 is 10.6 Å². The van der Waals surface area contributed by atoms with E-state index in [1.165, 1.54) is 21.3 Å². The van der Waals surface area contributed by atoms with E-state index in [-0.39, 0.29) is 21.6 Å². The van der Waals surface area contributed by atoms with Crippen LogP contribution in [0.1, 0.15) is 24.2 Å². The molecular formula is C20H21Cl2FN4O2. The van der Waals surface area contributed by atoms with Gasteiger partial charge in [0.25, 0.3) is 0 Å². The Bertz CT molecular complexity index is 1140. The number of benzene rings is 2. The number of amides is 1. The Labute approximate surface area is 177 Å². The zero-order valence-corrected chi connectivity index (χ0v) is 17.6. The van der Waals surface area contributed by atoms with E-state index in [0.717, 1.165) is 19.2 Å². The van der Waals surface area contributed by atoms with Crippen molar-refractivity contribution in [2.24, 2.45) is 5.73 Å². The summed E-state index contributed by atoms with van der Waals surface area (Å²) in [5, 5.41) is 0.606. The minimum Gasteiger partial charge on any atom is -0.366 e. The molecule has 0 aliphatic heterocycles. The Morgan fingerprint density at radius 1 is 1.17 bits per heavy atom. The summed E-state index contributed by atoms with van der Waals surface area (Å²) in [5.41, 5.74) is 5.49. The highest BCUT2D eigenvalue weighted by atomic mass is 35.5. The lowest BCUT2D eigenvalue weighted by molar-refractivity contribution is 0.1000. The molecule has 1 heterocycles. The number of primary amides is 1. The summed E-state index contributed by atoms with van der Waals surface area (Å²) >= 11 is 12.3. The van der Waals surface area contributed by atoms with Crippen molar-refractivity contribution in [1.82, 2.24) is 14.0 Å². The van der Waals surface area contributed by atoms with Gasteiger partial charge in [0.1, 0.15) is 11.3 Å². The van der Waals surface area contributed by atoms with Crippen LogP contribution < -0.4 is 11.4 Å². The first kappa shape index (κ1) is 21.4. The second-order valence-corrected chi connectivity index (χ2v) is 7.43. The van der Waals surface area contributed by atoms with Gasteiger partial charge in [-0.05, 0) is 43.4 Å². The summed E-state index contributed by atoms with van der Waals surface area (Å²) in [6, 6.07) is 7.08. The lowest BCUT2D eigenvalue weighted by Crippen LogP contribution is -2.31. The smallest absolute Gasteiger partial charge is 0.333 e. The topological polar surface area (TPSA) is 73.3 Å². The van der Waals surface area contributed by atoms with Crippen LogP contribution >= 0.6 is 23.2 Å². The summed E-state index contributed by atoms with van der Waals surface area (Å²) in [6.07, 6.45) is 0. The van der Waals surface area contributed by atoms with E-state index in [0.29, 0.717) is 23.8 Å². The number of likely N-dealkylation sites (N-methyl/N-ethyl adjacent to an activating group) is 1. The molecule has 3 aromatic rings. The maximum absolute atomic E-state index is 15.0. The molecule has 2 aromatic carbocycles. The third kappa shape index (κ3) is 4.03. The van der Waals surface area contributed by atoms with Crippen molar-refractivity contribution < 1.29 is 9.18 Å². The van der Waals surface area contributed by atoms with Gasteiger partial charge in [-0.1, -0.05) is 37.0 Å². The van der Waals surface area contributed by atoms with Crippen LogP contribution in [0.5, 0.6) is 0 Å². The number of nitrogens with two attached hydrogens (primary N) is 1. The molecule has 29 heavy (non-hydrogen) atoms. The van der Waals surface area contributed by atoms with Gasteiger partial charge in [0.05, 0.1) is 16.2 Å². The van der Waals surface area contributed by atoms with Crippen LogP contribution in [0.2, 0.25) is 10.0 Å². The molecule has 0 spiro atoms. The highest BCUT2D eigenvalue weighted by Crippen LogP contribution is 2.28. The molecule has 0 aliphatic rings. The molecule has 0 aliphatic carbocycles. The van der Waals surface area contributed by atoms with Crippen LogP contribution in [0.25, 0.3) is 16.7 Å². The zero-order valence-electron chi connectivity index (χ0n) is 16.1. The first-order valence-electron chi connectivity index (χ1n) is 9.20. The third-order valence-corrected chi connectivity index (χ3v) is 5.49. The Morgan fingerprint density at radius 3 is 2.45 bits per heavy atom. The number of hydrogen-bond acceptors (Lipinski definition) is 3. The number of imidazole rings is 1. The minimum absolute atomic E-state index is 0.00839. The SMILES string of the molecule is CCN(CC)CCn1c(=O)n(-c2ccc(Cl)cc2Cl)c2c(F)cc(C(N)=O)cc21. The third-order valence-electron chi connectivity index (χ3n) is 4.95. The second kappa shape index (κ2) is 8.57. The van der Waals surface area contributed by atoms with Crippen molar-refractivity contribution in [3.63, 3.8) is 0 Å². The van der Waals surface area contributed by atoms with Gasteiger partial charge in [0.2, 0.25) is 5.91 Å². The molecule has 6 nitrogen and oxygen atoms in total. The number of halogens is 3. The Balaban J connectivity index is 2.30.